The van der Waals surface area contributed by atoms with Gasteiger partial charge in [-0.3, -0.25) is 9.35 Å². The molecule has 0 aromatic carbocycles. The van der Waals surface area contributed by atoms with Gasteiger partial charge in [-0.2, -0.15) is 0 Å². The highest BCUT2D eigenvalue weighted by atomic mass is 32.2. The molecule has 0 bridgehead atoms. The molecule has 2 rings (SSSR count). The minimum atomic E-state index is -3.15. The molecule has 1 saturated carbocycles. The molecule has 24 heavy (non-hydrogen) atoms. The van der Waals surface area contributed by atoms with Crippen LogP contribution in [0, 0.1) is 5.41 Å². The van der Waals surface area contributed by atoms with E-state index in [0.717, 1.165) is 37.2 Å². The summed E-state index contributed by atoms with van der Waals surface area (Å²) in [5.74, 6) is -4.08. The van der Waals surface area contributed by atoms with Crippen molar-refractivity contribution in [3.8, 4) is 0 Å². The standard InChI is InChI=1S/C15H26F2N2O4S/c1-14(16,17)11-12(13(20)23-2)19(24(21)22)18-9-7-15(8-10-18)5-3-4-6-15/h12H,3-11H2,1-2H3,(H,21,22). The Morgan fingerprint density at radius 1 is 1.33 bits per heavy atom. The molecule has 9 heteroatoms. The number of carbonyl (C=O) groups excluding carboxylic acids is 1. The van der Waals surface area contributed by atoms with Crippen LogP contribution in [0.4, 0.5) is 8.78 Å². The van der Waals surface area contributed by atoms with Crippen LogP contribution in [-0.4, -0.2) is 56.3 Å². The maximum atomic E-state index is 13.5. The average Bonchev–Trinajstić information content (AvgIpc) is 2.94. The Kier molecular flexibility index (Phi) is 6.33. The quantitative estimate of drug-likeness (QED) is 0.576. The lowest BCUT2D eigenvalue weighted by Crippen LogP contribution is -2.57. The van der Waals surface area contributed by atoms with Crippen molar-refractivity contribution in [3.05, 3.63) is 0 Å². The smallest absolute Gasteiger partial charge is 0.325 e. The van der Waals surface area contributed by atoms with Gasteiger partial charge in [0, 0.05) is 19.5 Å². The Hall–Kier alpha value is -0.640. The van der Waals surface area contributed by atoms with Crippen molar-refractivity contribution >= 4 is 17.2 Å². The van der Waals surface area contributed by atoms with Crippen molar-refractivity contribution in [2.45, 2.75) is 63.8 Å². The Morgan fingerprint density at radius 3 is 2.29 bits per heavy atom. The van der Waals surface area contributed by atoms with Crippen molar-refractivity contribution in [2.24, 2.45) is 5.41 Å². The van der Waals surface area contributed by atoms with E-state index in [0.29, 0.717) is 20.0 Å². The lowest BCUT2D eigenvalue weighted by molar-refractivity contribution is -0.156. The monoisotopic (exact) mass is 368 g/mol. The average molecular weight is 368 g/mol. The highest BCUT2D eigenvalue weighted by Crippen LogP contribution is 2.46. The van der Waals surface area contributed by atoms with E-state index in [2.05, 4.69) is 4.74 Å². The first-order valence-electron chi connectivity index (χ1n) is 8.28. The summed E-state index contributed by atoms with van der Waals surface area (Å²) < 4.78 is 53.8. The summed E-state index contributed by atoms with van der Waals surface area (Å²) in [6.07, 6.45) is 5.51. The van der Waals surface area contributed by atoms with Crippen LogP contribution in [0.15, 0.2) is 0 Å². The van der Waals surface area contributed by atoms with Gasteiger partial charge in [-0.1, -0.05) is 12.8 Å². The second kappa shape index (κ2) is 7.72. The van der Waals surface area contributed by atoms with Gasteiger partial charge in [0.25, 0.3) is 0 Å². The van der Waals surface area contributed by atoms with Crippen LogP contribution < -0.4 is 0 Å². The third-order valence-electron chi connectivity index (χ3n) is 5.20. The largest absolute Gasteiger partial charge is 0.468 e. The molecule has 1 aliphatic carbocycles. The SMILES string of the molecule is COC(=O)C(CC(C)(F)F)N(N1CCC2(CCCC2)CC1)S(=O)O. The number of hydrazine groups is 1. The van der Waals surface area contributed by atoms with Gasteiger partial charge >= 0.3 is 5.97 Å². The van der Waals surface area contributed by atoms with Crippen molar-refractivity contribution in [2.75, 3.05) is 20.2 Å². The first-order valence-corrected chi connectivity index (χ1v) is 9.35. The second-order valence-electron chi connectivity index (χ2n) is 7.01. The number of hydrogen-bond acceptors (Lipinski definition) is 4. The van der Waals surface area contributed by atoms with Crippen molar-refractivity contribution < 1.29 is 27.1 Å². The minimum absolute atomic E-state index is 0.272. The van der Waals surface area contributed by atoms with E-state index in [9.17, 15) is 22.3 Å². The van der Waals surface area contributed by atoms with E-state index in [4.69, 9.17) is 0 Å². The molecule has 2 aliphatic rings. The van der Waals surface area contributed by atoms with Crippen LogP contribution in [0.5, 0.6) is 0 Å². The number of piperidine rings is 1. The molecule has 0 radical (unpaired) electrons. The van der Waals surface area contributed by atoms with Gasteiger partial charge in [0.1, 0.15) is 6.04 Å². The molecule has 1 N–H and O–H groups in total. The maximum absolute atomic E-state index is 13.5. The molecule has 1 aliphatic heterocycles. The fraction of sp³-hybridized carbons (Fsp3) is 0.933. The predicted octanol–water partition coefficient (Wildman–Crippen LogP) is 2.58. The van der Waals surface area contributed by atoms with Gasteiger partial charge < -0.3 is 4.74 Å². The third-order valence-corrected chi connectivity index (χ3v) is 6.00. The molecule has 6 nitrogen and oxygen atoms in total. The van der Waals surface area contributed by atoms with E-state index in [1.165, 1.54) is 12.8 Å². The first-order chi connectivity index (χ1) is 11.2. The van der Waals surface area contributed by atoms with E-state index in [1.54, 1.807) is 5.01 Å². The molecule has 0 aromatic rings. The van der Waals surface area contributed by atoms with E-state index in [-0.39, 0.29) is 5.41 Å². The van der Waals surface area contributed by atoms with Gasteiger partial charge in [0.2, 0.25) is 17.2 Å². The predicted molar refractivity (Wildman–Crippen MR) is 85.4 cm³/mol. The summed E-state index contributed by atoms with van der Waals surface area (Å²) in [7, 11) is 1.09. The van der Waals surface area contributed by atoms with E-state index in [1.807, 2.05) is 0 Å². The van der Waals surface area contributed by atoms with Crippen molar-refractivity contribution in [1.82, 2.24) is 9.42 Å². The van der Waals surface area contributed by atoms with Gasteiger partial charge in [0.05, 0.1) is 7.11 Å². The van der Waals surface area contributed by atoms with Crippen LogP contribution >= 0.6 is 0 Å². The van der Waals surface area contributed by atoms with Crippen LogP contribution in [0.3, 0.4) is 0 Å². The topological polar surface area (TPSA) is 70.1 Å². The fourth-order valence-electron chi connectivity index (χ4n) is 3.92. The summed E-state index contributed by atoms with van der Waals surface area (Å²) in [6, 6.07) is -1.49. The number of alkyl halides is 2. The van der Waals surface area contributed by atoms with Crippen LogP contribution in [0.25, 0.3) is 0 Å². The number of hydrogen-bond donors (Lipinski definition) is 1. The molecular weight excluding hydrogens is 342 g/mol. The van der Waals surface area contributed by atoms with Crippen molar-refractivity contribution in [3.63, 3.8) is 0 Å². The number of nitrogens with zero attached hydrogens (tertiary/aromatic N) is 2. The van der Waals surface area contributed by atoms with Gasteiger partial charge in [0.15, 0.2) is 0 Å². The highest BCUT2D eigenvalue weighted by molar-refractivity contribution is 7.76. The van der Waals surface area contributed by atoms with E-state index < -0.39 is 35.6 Å². The minimum Gasteiger partial charge on any atom is -0.468 e. The van der Waals surface area contributed by atoms with Gasteiger partial charge in [-0.15, -0.1) is 4.41 Å². The molecule has 1 saturated heterocycles. The zero-order chi connectivity index (χ0) is 18.0. The number of esters is 1. The molecule has 2 unspecified atom stereocenters. The van der Waals surface area contributed by atoms with Gasteiger partial charge in [-0.25, -0.2) is 18.0 Å². The molecule has 2 atom stereocenters. The van der Waals surface area contributed by atoms with Gasteiger partial charge in [-0.05, 0) is 38.0 Å². The summed E-state index contributed by atoms with van der Waals surface area (Å²) >= 11 is -2.58. The zero-order valence-corrected chi connectivity index (χ0v) is 15.0. The molecular formula is C15H26F2N2O4S. The fourth-order valence-corrected chi connectivity index (χ4v) is 4.66. The number of methoxy groups -OCH3 is 1. The lowest BCUT2D eigenvalue weighted by Gasteiger charge is -2.44. The molecule has 1 spiro atoms. The van der Waals surface area contributed by atoms with E-state index >= 15 is 0 Å². The van der Waals surface area contributed by atoms with Crippen LogP contribution in [0.1, 0.15) is 51.9 Å². The normalized spacial score (nSPS) is 24.2. The molecule has 0 aromatic heterocycles. The number of carbonyl (C=O) groups is 1. The Morgan fingerprint density at radius 2 is 1.88 bits per heavy atom. The summed E-state index contributed by atoms with van der Waals surface area (Å²) in [6.45, 7) is 1.65. The Bertz CT molecular complexity index is 471. The van der Waals surface area contributed by atoms with Crippen LogP contribution in [0.2, 0.25) is 0 Å². The highest BCUT2D eigenvalue weighted by Gasteiger charge is 2.44. The molecule has 2 fully saturated rings. The number of ether oxygens (including phenoxy) is 1. The van der Waals surface area contributed by atoms with Crippen molar-refractivity contribution in [1.29, 1.82) is 0 Å². The Labute approximate surface area is 143 Å². The molecule has 140 valence electrons. The third kappa shape index (κ3) is 4.71. The van der Waals surface area contributed by atoms with Crippen LogP contribution in [-0.2, 0) is 20.8 Å². The lowest BCUT2D eigenvalue weighted by atomic mass is 9.77. The Balaban J connectivity index is 2.14. The maximum Gasteiger partial charge on any atom is 0.325 e. The second-order valence-corrected chi connectivity index (χ2v) is 7.84. The summed E-state index contributed by atoms with van der Waals surface area (Å²) in [5.41, 5.74) is 0.272. The molecule has 1 heterocycles. The number of rotatable bonds is 6. The molecule has 0 amide bonds. The first kappa shape index (κ1) is 19.7. The number of halogens is 2. The zero-order valence-electron chi connectivity index (χ0n) is 14.2. The summed E-state index contributed by atoms with van der Waals surface area (Å²) in [4.78, 5) is 12.0. The summed E-state index contributed by atoms with van der Waals surface area (Å²) in [5, 5.41) is 1.56.